The summed E-state index contributed by atoms with van der Waals surface area (Å²) in [5.74, 6) is 0.00464. The first kappa shape index (κ1) is 38.8. The van der Waals surface area contributed by atoms with Gasteiger partial charge in [-0.15, -0.1) is 6.58 Å². The van der Waals surface area contributed by atoms with Crippen LogP contribution in [0.25, 0.3) is 0 Å². The van der Waals surface area contributed by atoms with Gasteiger partial charge in [-0.2, -0.15) is 0 Å². The number of carbonyl (C=O) groups is 2. The number of oxime groups is 1. The minimum atomic E-state index is -1.28. The van der Waals surface area contributed by atoms with Crippen molar-refractivity contribution in [1.29, 1.82) is 0 Å². The Balaban J connectivity index is 1.67. The van der Waals surface area contributed by atoms with Crippen molar-refractivity contribution in [2.75, 3.05) is 40.5 Å². The summed E-state index contributed by atoms with van der Waals surface area (Å²) in [5.41, 5.74) is 2.63. The normalized spacial score (nSPS) is 27.5. The number of fused-ring (bicyclic) bond motifs is 2. The molecule has 0 bridgehead atoms. The van der Waals surface area contributed by atoms with Crippen molar-refractivity contribution in [2.45, 2.75) is 108 Å². The number of likely N-dealkylation sites (N-methyl/N-ethyl adjacent to an activating group) is 1. The lowest BCUT2D eigenvalue weighted by atomic mass is 9.55. The third-order valence-electron chi connectivity index (χ3n) is 11.5. The first-order chi connectivity index (χ1) is 24.8. The van der Waals surface area contributed by atoms with E-state index in [2.05, 4.69) is 23.1 Å². The molecule has 5 rings (SSSR count). The minimum absolute atomic E-state index is 0.0477. The van der Waals surface area contributed by atoms with E-state index in [0.717, 1.165) is 49.0 Å². The van der Waals surface area contributed by atoms with Crippen LogP contribution in [0.5, 0.6) is 11.5 Å². The maximum atomic E-state index is 14.1. The lowest BCUT2D eigenvalue weighted by Crippen LogP contribution is -2.69. The van der Waals surface area contributed by atoms with Crippen LogP contribution < -0.4 is 14.8 Å². The Morgan fingerprint density at radius 1 is 1.12 bits per heavy atom. The molecule has 3 aliphatic carbocycles. The van der Waals surface area contributed by atoms with Crippen LogP contribution >= 0.6 is 0 Å². The largest absolute Gasteiger partial charge is 0.459 e. The van der Waals surface area contributed by atoms with E-state index in [1.165, 1.54) is 25.7 Å². The van der Waals surface area contributed by atoms with Crippen LogP contribution in [0.1, 0.15) is 102 Å². The van der Waals surface area contributed by atoms with Crippen molar-refractivity contribution < 1.29 is 38.9 Å². The molecule has 51 heavy (non-hydrogen) atoms. The zero-order valence-corrected chi connectivity index (χ0v) is 30.8. The fourth-order valence-electron chi connectivity index (χ4n) is 9.17. The highest BCUT2D eigenvalue weighted by molar-refractivity contribution is 6.03. The molecular weight excluding hydrogens is 650 g/mol. The molecule has 1 aromatic rings. The topological polar surface area (TPSA) is 139 Å². The van der Waals surface area contributed by atoms with Crippen molar-refractivity contribution in [3.8, 4) is 11.5 Å². The second-order valence-electron chi connectivity index (χ2n) is 14.6. The number of nitrogens with zero attached hydrogens (tertiary/aromatic N) is 2. The summed E-state index contributed by atoms with van der Waals surface area (Å²) in [4.78, 5) is 34.0. The zero-order valence-electron chi connectivity index (χ0n) is 30.8. The predicted octanol–water partition coefficient (Wildman–Crippen LogP) is 6.49. The van der Waals surface area contributed by atoms with Gasteiger partial charge < -0.3 is 39.5 Å². The van der Waals surface area contributed by atoms with Gasteiger partial charge in [0, 0.05) is 51.1 Å². The average Bonchev–Trinajstić information content (AvgIpc) is 3.65. The lowest BCUT2D eigenvalue weighted by Gasteiger charge is -2.59. The monoisotopic (exact) mass is 709 g/mol. The summed E-state index contributed by atoms with van der Waals surface area (Å²) < 4.78 is 19.8. The molecule has 6 atom stereocenters. The summed E-state index contributed by atoms with van der Waals surface area (Å²) in [6.45, 7) is 6.68. The Labute approximate surface area is 303 Å². The molecule has 0 aromatic heterocycles. The van der Waals surface area contributed by atoms with Gasteiger partial charge in [0.15, 0.2) is 0 Å². The molecule has 6 unspecified atom stereocenters. The van der Waals surface area contributed by atoms with Crippen LogP contribution in [0, 0.1) is 23.7 Å². The van der Waals surface area contributed by atoms with Crippen molar-refractivity contribution in [3.05, 3.63) is 48.1 Å². The Bertz CT molecular complexity index is 1410. The number of unbranched alkanes of at least 4 members (excludes halogenated alkanes) is 2. The van der Waals surface area contributed by atoms with Crippen molar-refractivity contribution in [3.63, 3.8) is 0 Å². The van der Waals surface area contributed by atoms with E-state index < -0.39 is 23.8 Å². The molecule has 1 aliphatic heterocycles. The molecule has 2 saturated carbocycles. The Hall–Kier alpha value is -3.41. The summed E-state index contributed by atoms with van der Waals surface area (Å²) in [5, 5.41) is 26.8. The molecule has 2 fully saturated rings. The SMILES string of the molecule is C=CCOC12Oc3ccc(OC(=O)NCC)cc3C3C(CCCCO)C(CCCCO)C=C(C(=NOC)CC1N(C)C(=O)CCC1CCCC1)C32. The number of aliphatic hydroxyl groups is 2. The van der Waals surface area contributed by atoms with Gasteiger partial charge in [-0.25, -0.2) is 4.79 Å². The number of carbonyl (C=O) groups excluding carboxylic acids is 2. The van der Waals surface area contributed by atoms with Crippen LogP contribution in [-0.4, -0.2) is 85.2 Å². The predicted molar refractivity (Wildman–Crippen MR) is 196 cm³/mol. The van der Waals surface area contributed by atoms with Crippen molar-refractivity contribution >= 4 is 17.7 Å². The fraction of sp³-hybridized carbons (Fsp3) is 0.675. The number of allylic oxidation sites excluding steroid dienone is 1. The Morgan fingerprint density at radius 3 is 2.55 bits per heavy atom. The highest BCUT2D eigenvalue weighted by Gasteiger charge is 2.65. The summed E-state index contributed by atoms with van der Waals surface area (Å²) >= 11 is 0. The maximum Gasteiger partial charge on any atom is 0.412 e. The molecule has 3 N–H and O–H groups in total. The number of rotatable bonds is 18. The molecule has 11 nitrogen and oxygen atoms in total. The standard InChI is InChI=1S/C40H59N3O8/c1-5-23-49-40-35(43(3)36(46)20-17-27-13-7-8-14-27)26-33(42-48-4)31-24-28(15-9-11-21-44)30(16-10-12-22-45)37(38(31)40)32-25-29(18-19-34(32)51-40)50-39(47)41-6-2/h5,18-19,24-25,27-28,30,35,37-38,44-45H,1,6-17,20-23,26H2,2-4H3,(H,41,47). The molecule has 282 valence electrons. The van der Waals surface area contributed by atoms with Crippen molar-refractivity contribution in [2.24, 2.45) is 28.8 Å². The van der Waals surface area contributed by atoms with Crippen LogP contribution in [0.15, 0.2) is 47.7 Å². The first-order valence-electron chi connectivity index (χ1n) is 19.1. The van der Waals surface area contributed by atoms with E-state index in [9.17, 15) is 19.8 Å². The molecule has 0 saturated heterocycles. The Morgan fingerprint density at radius 2 is 1.86 bits per heavy atom. The molecule has 4 aliphatic rings. The van der Waals surface area contributed by atoms with E-state index in [0.29, 0.717) is 49.6 Å². The number of hydrogen-bond donors (Lipinski definition) is 3. The van der Waals surface area contributed by atoms with Gasteiger partial charge in [0.1, 0.15) is 24.7 Å². The smallest absolute Gasteiger partial charge is 0.412 e. The van der Waals surface area contributed by atoms with Gasteiger partial charge in [-0.05, 0) is 80.6 Å². The molecule has 2 amide bonds. The fourth-order valence-corrected chi connectivity index (χ4v) is 9.17. The second-order valence-corrected chi connectivity index (χ2v) is 14.6. The van der Waals surface area contributed by atoms with Gasteiger partial charge in [-0.1, -0.05) is 55.8 Å². The number of ether oxygens (including phenoxy) is 3. The second kappa shape index (κ2) is 18.4. The molecule has 0 spiro atoms. The molecule has 1 heterocycles. The summed E-state index contributed by atoms with van der Waals surface area (Å²) in [6, 6.07) is 4.96. The van der Waals surface area contributed by atoms with Gasteiger partial charge in [0.05, 0.1) is 18.2 Å². The minimum Gasteiger partial charge on any atom is -0.459 e. The zero-order chi connectivity index (χ0) is 36.4. The average molecular weight is 710 g/mol. The highest BCUT2D eigenvalue weighted by atomic mass is 16.7. The maximum absolute atomic E-state index is 14.1. The van der Waals surface area contributed by atoms with Crippen LogP contribution in [0.3, 0.4) is 0 Å². The quantitative estimate of drug-likeness (QED) is 0.0894. The van der Waals surface area contributed by atoms with Gasteiger partial charge in [0.2, 0.25) is 11.7 Å². The van der Waals surface area contributed by atoms with E-state index in [1.807, 2.05) is 31.0 Å². The van der Waals surface area contributed by atoms with Crippen molar-refractivity contribution in [1.82, 2.24) is 10.2 Å². The molecule has 0 radical (unpaired) electrons. The number of amides is 2. The summed E-state index contributed by atoms with van der Waals surface area (Å²) in [7, 11) is 3.40. The lowest BCUT2D eigenvalue weighted by molar-refractivity contribution is -0.255. The van der Waals surface area contributed by atoms with E-state index >= 15 is 0 Å². The number of hydrogen-bond acceptors (Lipinski definition) is 9. The summed E-state index contributed by atoms with van der Waals surface area (Å²) in [6.07, 6.45) is 14.7. The number of benzene rings is 1. The molecular formula is C40H59N3O8. The van der Waals surface area contributed by atoms with E-state index in [1.54, 1.807) is 19.3 Å². The third-order valence-corrected chi connectivity index (χ3v) is 11.5. The number of aliphatic hydroxyl groups excluding tert-OH is 2. The van der Waals surface area contributed by atoms with Crippen LogP contribution in [0.4, 0.5) is 4.79 Å². The molecule has 1 aromatic carbocycles. The molecule has 11 heteroatoms. The van der Waals surface area contributed by atoms with Crippen LogP contribution in [-0.2, 0) is 14.4 Å². The van der Waals surface area contributed by atoms with Gasteiger partial charge in [0.25, 0.3) is 0 Å². The van der Waals surface area contributed by atoms with Gasteiger partial charge in [-0.3, -0.25) is 4.79 Å². The number of nitrogens with one attached hydrogen (secondary N) is 1. The van der Waals surface area contributed by atoms with Crippen LogP contribution in [0.2, 0.25) is 0 Å². The Kier molecular flexibility index (Phi) is 14.0. The first-order valence-corrected chi connectivity index (χ1v) is 19.1. The third kappa shape index (κ3) is 8.63. The van der Waals surface area contributed by atoms with E-state index in [-0.39, 0.29) is 43.5 Å². The van der Waals surface area contributed by atoms with Gasteiger partial charge >= 0.3 is 6.09 Å². The highest BCUT2D eigenvalue weighted by Crippen LogP contribution is 2.61. The van der Waals surface area contributed by atoms with E-state index in [4.69, 9.17) is 19.0 Å².